The summed E-state index contributed by atoms with van der Waals surface area (Å²) in [4.78, 5) is 22.6. The smallest absolute Gasteiger partial charge is 0.227 e. The van der Waals surface area contributed by atoms with Crippen molar-refractivity contribution in [2.24, 2.45) is 7.05 Å². The van der Waals surface area contributed by atoms with Crippen LogP contribution in [-0.4, -0.2) is 44.5 Å². The Labute approximate surface area is 140 Å². The lowest BCUT2D eigenvalue weighted by molar-refractivity contribution is -0.134. The highest BCUT2D eigenvalue weighted by molar-refractivity contribution is 5.89. The maximum absolute atomic E-state index is 12.5. The third kappa shape index (κ3) is 2.71. The fraction of sp³-hybridized carbons (Fsp3) is 0.278. The first-order valence-electron chi connectivity index (χ1n) is 8.04. The van der Waals surface area contributed by atoms with Gasteiger partial charge >= 0.3 is 0 Å². The predicted molar refractivity (Wildman–Crippen MR) is 92.6 cm³/mol. The number of benzene rings is 1. The lowest BCUT2D eigenvalue weighted by atomic mass is 10.1. The lowest BCUT2D eigenvalue weighted by Crippen LogP contribution is -2.57. The monoisotopic (exact) mass is 321 g/mol. The van der Waals surface area contributed by atoms with Gasteiger partial charge in [-0.3, -0.25) is 9.78 Å². The van der Waals surface area contributed by atoms with Gasteiger partial charge in [-0.1, -0.05) is 18.2 Å². The third-order valence-electron chi connectivity index (χ3n) is 4.47. The van der Waals surface area contributed by atoms with Crippen LogP contribution in [0.5, 0.6) is 0 Å². The van der Waals surface area contributed by atoms with E-state index in [0.717, 1.165) is 22.3 Å². The van der Waals surface area contributed by atoms with Crippen LogP contribution >= 0.6 is 0 Å². The van der Waals surface area contributed by atoms with E-state index in [9.17, 15) is 4.79 Å². The van der Waals surface area contributed by atoms with Gasteiger partial charge in [0.2, 0.25) is 5.91 Å². The molecular weight excluding hydrogens is 302 g/mol. The van der Waals surface area contributed by atoms with Gasteiger partial charge in [0.15, 0.2) is 0 Å². The quantitative estimate of drug-likeness (QED) is 0.796. The molecular formula is C18H19N5O. The van der Waals surface area contributed by atoms with E-state index in [1.54, 1.807) is 18.6 Å². The number of carbonyl (C=O) groups excluding carboxylic acids is 1. The zero-order valence-corrected chi connectivity index (χ0v) is 13.5. The summed E-state index contributed by atoms with van der Waals surface area (Å²) < 4.78 is 2.08. The molecule has 1 amide bonds. The van der Waals surface area contributed by atoms with Crippen molar-refractivity contribution in [3.05, 3.63) is 54.6 Å². The maximum atomic E-state index is 12.5. The van der Waals surface area contributed by atoms with Gasteiger partial charge in [0.25, 0.3) is 0 Å². The molecule has 6 heteroatoms. The molecule has 3 heterocycles. The van der Waals surface area contributed by atoms with Gasteiger partial charge in [-0.05, 0) is 11.6 Å². The highest BCUT2D eigenvalue weighted by atomic mass is 16.2. The average Bonchev–Trinajstić information content (AvgIpc) is 2.88. The molecule has 0 unspecified atom stereocenters. The normalized spacial score (nSPS) is 14.6. The van der Waals surface area contributed by atoms with Crippen LogP contribution < -0.4 is 5.32 Å². The Kier molecular flexibility index (Phi) is 3.65. The fourth-order valence-corrected chi connectivity index (χ4v) is 3.20. The number of hydrogen-bond acceptors (Lipinski definition) is 4. The van der Waals surface area contributed by atoms with E-state index in [2.05, 4.69) is 38.2 Å². The minimum absolute atomic E-state index is 0.170. The Hall–Kier alpha value is -2.89. The fourth-order valence-electron chi connectivity index (χ4n) is 3.20. The molecule has 1 aliphatic rings. The van der Waals surface area contributed by atoms with E-state index in [-0.39, 0.29) is 11.9 Å². The van der Waals surface area contributed by atoms with Gasteiger partial charge in [0.05, 0.1) is 18.7 Å². The van der Waals surface area contributed by atoms with Crippen molar-refractivity contribution >= 4 is 22.6 Å². The standard InChI is InChI=1S/C18H19N5O/c1-22-10-13(15-4-2-3-5-16(15)22)8-18(24)23-11-14(12-23)21-17-9-19-6-7-20-17/h2-7,9-10,14H,8,11-12H2,1H3,(H,20,21). The van der Waals surface area contributed by atoms with Crippen molar-refractivity contribution in [3.63, 3.8) is 0 Å². The molecule has 1 aliphatic heterocycles. The van der Waals surface area contributed by atoms with Crippen molar-refractivity contribution in [2.45, 2.75) is 12.5 Å². The molecule has 0 aliphatic carbocycles. The second-order valence-corrected chi connectivity index (χ2v) is 6.19. The van der Waals surface area contributed by atoms with Crippen molar-refractivity contribution in [3.8, 4) is 0 Å². The summed E-state index contributed by atoms with van der Waals surface area (Å²) >= 11 is 0. The van der Waals surface area contributed by atoms with Crippen LogP contribution in [0.2, 0.25) is 0 Å². The topological polar surface area (TPSA) is 63.1 Å². The van der Waals surface area contributed by atoms with Gasteiger partial charge < -0.3 is 14.8 Å². The molecule has 1 fully saturated rings. The van der Waals surface area contributed by atoms with Crippen LogP contribution in [0.15, 0.2) is 49.1 Å². The van der Waals surface area contributed by atoms with Crippen molar-refractivity contribution < 1.29 is 4.79 Å². The van der Waals surface area contributed by atoms with E-state index in [4.69, 9.17) is 0 Å². The number of aromatic nitrogens is 3. The predicted octanol–water partition coefficient (Wildman–Crippen LogP) is 1.83. The Morgan fingerprint density at radius 3 is 2.92 bits per heavy atom. The summed E-state index contributed by atoms with van der Waals surface area (Å²) in [6, 6.07) is 8.44. The molecule has 1 N–H and O–H groups in total. The number of rotatable bonds is 4. The van der Waals surface area contributed by atoms with Crippen LogP contribution in [0.25, 0.3) is 10.9 Å². The van der Waals surface area contributed by atoms with Crippen molar-refractivity contribution in [2.75, 3.05) is 18.4 Å². The molecule has 3 aromatic rings. The summed E-state index contributed by atoms with van der Waals surface area (Å²) in [7, 11) is 2.01. The number of anilines is 1. The number of fused-ring (bicyclic) bond motifs is 1. The average molecular weight is 321 g/mol. The van der Waals surface area contributed by atoms with Crippen LogP contribution in [0.3, 0.4) is 0 Å². The van der Waals surface area contributed by atoms with E-state index in [1.807, 2.05) is 24.1 Å². The molecule has 0 atom stereocenters. The van der Waals surface area contributed by atoms with E-state index >= 15 is 0 Å². The summed E-state index contributed by atoms with van der Waals surface area (Å²) in [6.07, 6.45) is 7.49. The molecule has 24 heavy (non-hydrogen) atoms. The van der Waals surface area contributed by atoms with Gasteiger partial charge in [0, 0.05) is 49.6 Å². The molecule has 0 bridgehead atoms. The number of amides is 1. The highest BCUT2D eigenvalue weighted by Gasteiger charge is 2.31. The van der Waals surface area contributed by atoms with Crippen LogP contribution in [0.4, 0.5) is 5.82 Å². The Balaban J connectivity index is 1.37. The second kappa shape index (κ2) is 5.96. The summed E-state index contributed by atoms with van der Waals surface area (Å²) in [5, 5.41) is 4.44. The first kappa shape index (κ1) is 14.7. The van der Waals surface area contributed by atoms with Crippen molar-refractivity contribution in [1.29, 1.82) is 0 Å². The zero-order chi connectivity index (χ0) is 16.5. The third-order valence-corrected chi connectivity index (χ3v) is 4.47. The van der Waals surface area contributed by atoms with Gasteiger partial charge in [0.1, 0.15) is 5.82 Å². The van der Waals surface area contributed by atoms with Crippen LogP contribution in [0, 0.1) is 0 Å². The highest BCUT2D eigenvalue weighted by Crippen LogP contribution is 2.22. The minimum Gasteiger partial charge on any atom is -0.362 e. The summed E-state index contributed by atoms with van der Waals surface area (Å²) in [6.45, 7) is 1.42. The van der Waals surface area contributed by atoms with Gasteiger partial charge in [-0.25, -0.2) is 4.98 Å². The summed E-state index contributed by atoms with van der Waals surface area (Å²) in [5.41, 5.74) is 2.24. The molecule has 122 valence electrons. The van der Waals surface area contributed by atoms with E-state index < -0.39 is 0 Å². The van der Waals surface area contributed by atoms with Gasteiger partial charge in [-0.15, -0.1) is 0 Å². The Bertz CT molecular complexity index is 868. The second-order valence-electron chi connectivity index (χ2n) is 6.19. The molecule has 0 radical (unpaired) electrons. The SMILES string of the molecule is Cn1cc(CC(=O)N2CC(Nc3cnccn3)C2)c2ccccc21. The molecule has 6 nitrogen and oxygen atoms in total. The molecule has 0 spiro atoms. The zero-order valence-electron chi connectivity index (χ0n) is 13.5. The van der Waals surface area contributed by atoms with E-state index in [0.29, 0.717) is 19.5 Å². The number of carbonyl (C=O) groups is 1. The first-order chi connectivity index (χ1) is 11.7. The minimum atomic E-state index is 0.170. The summed E-state index contributed by atoms with van der Waals surface area (Å²) in [5.74, 6) is 0.923. The van der Waals surface area contributed by atoms with E-state index in [1.165, 1.54) is 0 Å². The Morgan fingerprint density at radius 1 is 1.29 bits per heavy atom. The number of nitrogens with zero attached hydrogens (tertiary/aromatic N) is 4. The first-order valence-corrected chi connectivity index (χ1v) is 8.04. The number of likely N-dealkylation sites (tertiary alicyclic amines) is 1. The van der Waals surface area contributed by atoms with Crippen LogP contribution in [0.1, 0.15) is 5.56 Å². The molecule has 2 aromatic heterocycles. The molecule has 1 aromatic carbocycles. The largest absolute Gasteiger partial charge is 0.362 e. The lowest BCUT2D eigenvalue weighted by Gasteiger charge is -2.39. The molecule has 4 rings (SSSR count). The number of nitrogens with one attached hydrogen (secondary N) is 1. The van der Waals surface area contributed by atoms with Gasteiger partial charge in [-0.2, -0.15) is 0 Å². The van der Waals surface area contributed by atoms with Crippen molar-refractivity contribution in [1.82, 2.24) is 19.4 Å². The number of aryl methyl sites for hydroxylation is 1. The van der Waals surface area contributed by atoms with Crippen LogP contribution in [-0.2, 0) is 18.3 Å². The molecule has 1 saturated heterocycles. The number of para-hydroxylation sites is 1. The molecule has 0 saturated carbocycles. The maximum Gasteiger partial charge on any atom is 0.227 e. The number of hydrogen-bond donors (Lipinski definition) is 1. The Morgan fingerprint density at radius 2 is 2.12 bits per heavy atom.